The van der Waals surface area contributed by atoms with Gasteiger partial charge in [-0.2, -0.15) is 5.10 Å². The number of methoxy groups -OCH3 is 1. The van der Waals surface area contributed by atoms with Crippen molar-refractivity contribution < 1.29 is 14.3 Å². The van der Waals surface area contributed by atoms with E-state index in [1.165, 1.54) is 11.3 Å². The molecule has 0 bridgehead atoms. The topological polar surface area (TPSA) is 97.3 Å². The Labute approximate surface area is 238 Å². The van der Waals surface area contributed by atoms with Crippen LogP contribution in [0.2, 0.25) is 0 Å². The lowest BCUT2D eigenvalue weighted by Gasteiger charge is -2.28. The normalized spacial score (nSPS) is 12.9. The van der Waals surface area contributed by atoms with Crippen molar-refractivity contribution in [3.05, 3.63) is 74.7 Å². The van der Waals surface area contributed by atoms with Gasteiger partial charge in [-0.1, -0.05) is 43.4 Å². The van der Waals surface area contributed by atoms with E-state index in [4.69, 9.17) is 9.47 Å². The maximum Gasteiger partial charge on any atom is 0.333 e. The summed E-state index contributed by atoms with van der Waals surface area (Å²) in [6.07, 6.45) is 3.00. The summed E-state index contributed by atoms with van der Waals surface area (Å²) in [6.45, 7) is 13.0. The van der Waals surface area contributed by atoms with Crippen LogP contribution < -0.4 is 16.0 Å². The fraction of sp³-hybridized carbons (Fsp3) is 0.467. The number of ether oxygens (including phenoxy) is 2. The molecule has 0 fully saturated rings. The number of ketones is 1. The number of hydrogen-bond acceptors (Lipinski definition) is 7. The maximum absolute atomic E-state index is 14.3. The predicted molar refractivity (Wildman–Crippen MR) is 158 cm³/mol. The summed E-state index contributed by atoms with van der Waals surface area (Å²) in [4.78, 5) is 42.3. The number of hydrogen-bond donors (Lipinski definition) is 0. The Kier molecular flexibility index (Phi) is 8.51. The minimum Gasteiger partial charge on any atom is -0.496 e. The first-order chi connectivity index (χ1) is 18.9. The van der Waals surface area contributed by atoms with Crippen molar-refractivity contribution >= 4 is 27.3 Å². The van der Waals surface area contributed by atoms with Gasteiger partial charge in [0.25, 0.3) is 5.56 Å². The van der Waals surface area contributed by atoms with Gasteiger partial charge in [-0.05, 0) is 52.7 Å². The molecule has 0 saturated heterocycles. The molecule has 40 heavy (non-hydrogen) atoms. The Morgan fingerprint density at radius 3 is 2.40 bits per heavy atom. The first-order valence-electron chi connectivity index (χ1n) is 13.5. The van der Waals surface area contributed by atoms with Crippen LogP contribution in [0.5, 0.6) is 5.75 Å². The van der Waals surface area contributed by atoms with Gasteiger partial charge in [0, 0.05) is 29.9 Å². The Morgan fingerprint density at radius 2 is 1.80 bits per heavy atom. The number of nitrogens with zero attached hydrogens (tertiary/aromatic N) is 4. The minimum atomic E-state index is -1.35. The summed E-state index contributed by atoms with van der Waals surface area (Å²) in [7, 11) is 1.59. The van der Waals surface area contributed by atoms with Gasteiger partial charge in [-0.3, -0.25) is 14.2 Å². The van der Waals surface area contributed by atoms with E-state index in [9.17, 15) is 14.4 Å². The quantitative estimate of drug-likeness (QED) is 0.246. The molecule has 3 aromatic heterocycles. The molecule has 3 heterocycles. The summed E-state index contributed by atoms with van der Waals surface area (Å²) in [6, 6.07) is 9.34. The predicted octanol–water partition coefficient (Wildman–Crippen LogP) is 5.24. The number of benzene rings is 1. The third kappa shape index (κ3) is 5.42. The molecule has 4 aromatic rings. The molecule has 0 aliphatic heterocycles. The van der Waals surface area contributed by atoms with E-state index in [1.54, 1.807) is 48.7 Å². The lowest BCUT2D eigenvalue weighted by molar-refractivity contribution is -0.127. The zero-order valence-electron chi connectivity index (χ0n) is 24.4. The molecule has 0 N–H and O–H groups in total. The Morgan fingerprint density at radius 1 is 1.10 bits per heavy atom. The molecular weight excluding hydrogens is 528 g/mol. The number of thiophene rings is 1. The van der Waals surface area contributed by atoms with Crippen LogP contribution in [0, 0.1) is 12.8 Å². The van der Waals surface area contributed by atoms with Gasteiger partial charge < -0.3 is 9.47 Å². The number of fused-ring (bicyclic) bond motifs is 1. The van der Waals surface area contributed by atoms with Crippen LogP contribution in [0.3, 0.4) is 0 Å². The molecule has 0 amide bonds. The van der Waals surface area contributed by atoms with Crippen LogP contribution in [-0.4, -0.2) is 37.9 Å². The highest BCUT2D eigenvalue weighted by Gasteiger charge is 2.36. The van der Waals surface area contributed by atoms with Crippen LogP contribution in [0.1, 0.15) is 65.2 Å². The van der Waals surface area contributed by atoms with Crippen LogP contribution in [0.4, 0.5) is 0 Å². The van der Waals surface area contributed by atoms with Crippen LogP contribution in [0.15, 0.2) is 52.3 Å². The number of para-hydroxylation sites is 1. The number of carbonyl (C=O) groups is 1. The van der Waals surface area contributed by atoms with E-state index in [0.717, 1.165) is 15.1 Å². The van der Waals surface area contributed by atoms with Crippen LogP contribution >= 0.6 is 11.3 Å². The molecule has 0 saturated carbocycles. The molecule has 0 aliphatic carbocycles. The molecule has 1 aromatic carbocycles. The standard InChI is InChI=1S/C30H38N4O5S/c1-18(2)16-24(35)30(6,7)34-26(36)25-20(5)27(33-15-11-14-31-33)40-28(25)32(29(34)37)17-23(39-19(3)4)21-12-9-10-13-22(21)38-8/h9-15,18-19,23H,16-17H2,1-8H3/t23-/m0/s1. The highest BCUT2D eigenvalue weighted by molar-refractivity contribution is 7.21. The Bertz CT molecular complexity index is 1630. The number of Topliss-reactive ketones (excluding diaryl/α,β-unsaturated/α-hetero) is 1. The summed E-state index contributed by atoms with van der Waals surface area (Å²) in [5.41, 5.74) is -0.911. The fourth-order valence-corrected chi connectivity index (χ4v) is 6.23. The second-order valence-corrected chi connectivity index (χ2v) is 12.2. The van der Waals surface area contributed by atoms with Crippen molar-refractivity contribution in [2.24, 2.45) is 5.92 Å². The zero-order chi connectivity index (χ0) is 29.4. The van der Waals surface area contributed by atoms with Crippen molar-refractivity contribution in [2.45, 2.75) is 79.2 Å². The van der Waals surface area contributed by atoms with E-state index in [0.29, 0.717) is 21.5 Å². The van der Waals surface area contributed by atoms with Crippen molar-refractivity contribution in [2.75, 3.05) is 7.11 Å². The number of aryl methyl sites for hydroxylation is 1. The average molecular weight is 567 g/mol. The summed E-state index contributed by atoms with van der Waals surface area (Å²) >= 11 is 1.32. The van der Waals surface area contributed by atoms with Gasteiger partial charge in [-0.25, -0.2) is 14.0 Å². The van der Waals surface area contributed by atoms with E-state index < -0.39 is 22.9 Å². The molecule has 0 radical (unpaired) electrons. The van der Waals surface area contributed by atoms with Crippen molar-refractivity contribution in [1.82, 2.24) is 18.9 Å². The molecule has 0 spiro atoms. The third-order valence-corrected chi connectivity index (χ3v) is 8.31. The van der Waals surface area contributed by atoms with Gasteiger partial charge in [0.15, 0.2) is 5.78 Å². The Balaban J connectivity index is 2.04. The molecular formula is C30H38N4O5S. The first-order valence-corrected chi connectivity index (χ1v) is 14.3. The molecule has 214 valence electrons. The van der Waals surface area contributed by atoms with Crippen molar-refractivity contribution in [3.8, 4) is 10.8 Å². The fourth-order valence-electron chi connectivity index (χ4n) is 4.98. The second kappa shape index (κ2) is 11.5. The Hall–Kier alpha value is -3.50. The highest BCUT2D eigenvalue weighted by atomic mass is 32.1. The van der Waals surface area contributed by atoms with Crippen LogP contribution in [-0.2, 0) is 21.6 Å². The lowest BCUT2D eigenvalue weighted by atomic mass is 9.91. The van der Waals surface area contributed by atoms with Gasteiger partial charge in [-0.15, -0.1) is 0 Å². The summed E-state index contributed by atoms with van der Waals surface area (Å²) in [5.74, 6) is 0.544. The monoisotopic (exact) mass is 566 g/mol. The average Bonchev–Trinajstić information content (AvgIpc) is 3.53. The largest absolute Gasteiger partial charge is 0.496 e. The van der Waals surface area contributed by atoms with Gasteiger partial charge >= 0.3 is 5.69 Å². The molecule has 9 nitrogen and oxygen atoms in total. The lowest BCUT2D eigenvalue weighted by Crippen LogP contribution is -2.53. The number of aromatic nitrogens is 4. The summed E-state index contributed by atoms with van der Waals surface area (Å²) < 4.78 is 16.4. The number of carbonyl (C=O) groups excluding carboxylic acids is 1. The van der Waals surface area contributed by atoms with E-state index in [2.05, 4.69) is 5.10 Å². The first kappa shape index (κ1) is 29.5. The zero-order valence-corrected chi connectivity index (χ0v) is 25.2. The van der Waals surface area contributed by atoms with Gasteiger partial charge in [0.1, 0.15) is 27.2 Å². The van der Waals surface area contributed by atoms with Gasteiger partial charge in [0.05, 0.1) is 25.1 Å². The second-order valence-electron chi connectivity index (χ2n) is 11.2. The molecule has 0 aliphatic rings. The van der Waals surface area contributed by atoms with E-state index in [-0.39, 0.29) is 30.8 Å². The smallest absolute Gasteiger partial charge is 0.333 e. The summed E-state index contributed by atoms with van der Waals surface area (Å²) in [5, 5.41) is 5.48. The SMILES string of the molecule is COc1ccccc1[C@H](Cn1c(=O)n(C(C)(C)C(=O)CC(C)C)c(=O)c2c(C)c(-n3cccn3)sc21)OC(C)C. The van der Waals surface area contributed by atoms with E-state index in [1.807, 2.05) is 58.9 Å². The van der Waals surface area contributed by atoms with E-state index >= 15 is 0 Å². The number of rotatable bonds is 11. The minimum absolute atomic E-state index is 0.0807. The van der Waals surface area contributed by atoms with Crippen LogP contribution in [0.25, 0.3) is 15.2 Å². The highest BCUT2D eigenvalue weighted by Crippen LogP contribution is 2.34. The third-order valence-electron chi connectivity index (χ3n) is 7.01. The van der Waals surface area contributed by atoms with Crippen molar-refractivity contribution in [1.29, 1.82) is 0 Å². The van der Waals surface area contributed by atoms with Gasteiger partial charge in [0.2, 0.25) is 0 Å². The molecule has 10 heteroatoms. The molecule has 4 rings (SSSR count). The van der Waals surface area contributed by atoms with Crippen molar-refractivity contribution in [3.63, 3.8) is 0 Å². The molecule has 1 atom stereocenters. The molecule has 0 unspecified atom stereocenters. The maximum atomic E-state index is 14.3.